The molecule has 4 heteroatoms. The summed E-state index contributed by atoms with van der Waals surface area (Å²) in [6.45, 7) is 0. The third kappa shape index (κ3) is 2.63. The number of hydrogen-bond donors (Lipinski definition) is 1. The van der Waals surface area contributed by atoms with E-state index in [1.807, 2.05) is 0 Å². The molecule has 0 amide bonds. The van der Waals surface area contributed by atoms with Gasteiger partial charge in [-0.2, -0.15) is 0 Å². The molecular weight excluding hydrogens is 227 g/mol. The largest absolute Gasteiger partial charge is 0.324 e. The molecule has 0 spiro atoms. The molecule has 0 aliphatic heterocycles. The first-order valence-electron chi connectivity index (χ1n) is 5.99. The SMILES string of the molecule is NC(c1c(F)cc(F)cc1F)C1CCCCC1. The lowest BCUT2D eigenvalue weighted by Crippen LogP contribution is -2.25. The lowest BCUT2D eigenvalue weighted by molar-refractivity contribution is 0.297. The van der Waals surface area contributed by atoms with Crippen LogP contribution < -0.4 is 5.73 Å². The van der Waals surface area contributed by atoms with Gasteiger partial charge in [0, 0.05) is 23.7 Å². The van der Waals surface area contributed by atoms with Crippen molar-refractivity contribution in [3.8, 4) is 0 Å². The van der Waals surface area contributed by atoms with Crippen LogP contribution >= 0.6 is 0 Å². The number of rotatable bonds is 2. The van der Waals surface area contributed by atoms with Gasteiger partial charge in [0.2, 0.25) is 0 Å². The first-order valence-corrected chi connectivity index (χ1v) is 5.99. The summed E-state index contributed by atoms with van der Waals surface area (Å²) < 4.78 is 39.9. The van der Waals surface area contributed by atoms with E-state index >= 15 is 0 Å². The summed E-state index contributed by atoms with van der Waals surface area (Å²) in [5.74, 6) is -2.56. The summed E-state index contributed by atoms with van der Waals surface area (Å²) in [5.41, 5.74) is 5.75. The van der Waals surface area contributed by atoms with E-state index in [9.17, 15) is 13.2 Å². The van der Waals surface area contributed by atoms with E-state index in [0.717, 1.165) is 32.1 Å². The van der Waals surface area contributed by atoms with E-state index in [1.54, 1.807) is 0 Å². The molecule has 2 rings (SSSR count). The fraction of sp³-hybridized carbons (Fsp3) is 0.538. The van der Waals surface area contributed by atoms with Crippen molar-refractivity contribution in [2.45, 2.75) is 38.1 Å². The highest BCUT2D eigenvalue weighted by Gasteiger charge is 2.27. The Balaban J connectivity index is 2.26. The summed E-state index contributed by atoms with van der Waals surface area (Å²) >= 11 is 0. The zero-order valence-corrected chi connectivity index (χ0v) is 9.56. The summed E-state index contributed by atoms with van der Waals surface area (Å²) in [6, 6.07) is 0.721. The highest BCUT2D eigenvalue weighted by molar-refractivity contribution is 5.24. The van der Waals surface area contributed by atoms with E-state index in [-0.39, 0.29) is 11.5 Å². The van der Waals surface area contributed by atoms with Crippen LogP contribution in [0.3, 0.4) is 0 Å². The predicted octanol–water partition coefficient (Wildman–Crippen LogP) is 3.68. The Morgan fingerprint density at radius 3 is 2.06 bits per heavy atom. The van der Waals surface area contributed by atoms with Crippen LogP contribution in [0.15, 0.2) is 12.1 Å². The van der Waals surface area contributed by atoms with E-state index in [1.165, 1.54) is 0 Å². The van der Waals surface area contributed by atoms with Gasteiger partial charge in [0.05, 0.1) is 0 Å². The second kappa shape index (κ2) is 5.08. The fourth-order valence-electron chi connectivity index (χ4n) is 2.60. The standard InChI is InChI=1S/C13H16F3N/c14-9-6-10(15)12(11(16)7-9)13(17)8-4-2-1-3-5-8/h6-8,13H,1-5,17H2. The van der Waals surface area contributed by atoms with Gasteiger partial charge in [-0.05, 0) is 18.8 Å². The van der Waals surface area contributed by atoms with Gasteiger partial charge in [-0.25, -0.2) is 13.2 Å². The third-order valence-corrected chi connectivity index (χ3v) is 3.53. The van der Waals surface area contributed by atoms with Crippen LogP contribution in [0.4, 0.5) is 13.2 Å². The number of nitrogens with two attached hydrogens (primary N) is 1. The molecule has 0 radical (unpaired) electrons. The van der Waals surface area contributed by atoms with Gasteiger partial charge in [0.15, 0.2) is 0 Å². The maximum absolute atomic E-state index is 13.6. The minimum absolute atomic E-state index is 0.0956. The molecule has 1 aliphatic carbocycles. The van der Waals surface area contributed by atoms with E-state index in [2.05, 4.69) is 0 Å². The van der Waals surface area contributed by atoms with Gasteiger partial charge < -0.3 is 5.73 Å². The van der Waals surface area contributed by atoms with Crippen LogP contribution in [-0.2, 0) is 0 Å². The highest BCUT2D eigenvalue weighted by Crippen LogP contribution is 2.35. The topological polar surface area (TPSA) is 26.0 Å². The van der Waals surface area contributed by atoms with Gasteiger partial charge in [-0.3, -0.25) is 0 Å². The molecule has 1 saturated carbocycles. The zero-order valence-electron chi connectivity index (χ0n) is 9.56. The number of hydrogen-bond acceptors (Lipinski definition) is 1. The molecular formula is C13H16F3N. The molecule has 1 aromatic rings. The monoisotopic (exact) mass is 243 g/mol. The molecule has 1 fully saturated rings. The Bertz CT molecular complexity index is 377. The molecule has 2 N–H and O–H groups in total. The maximum atomic E-state index is 13.6. The van der Waals surface area contributed by atoms with Crippen LogP contribution in [0.1, 0.15) is 43.7 Å². The maximum Gasteiger partial charge on any atom is 0.133 e. The first kappa shape index (κ1) is 12.4. The number of halogens is 3. The van der Waals surface area contributed by atoms with Crippen molar-refractivity contribution in [2.24, 2.45) is 11.7 Å². The van der Waals surface area contributed by atoms with Crippen molar-refractivity contribution in [2.75, 3.05) is 0 Å². The Morgan fingerprint density at radius 1 is 1.00 bits per heavy atom. The average molecular weight is 243 g/mol. The van der Waals surface area contributed by atoms with E-state index in [0.29, 0.717) is 12.1 Å². The molecule has 1 aromatic carbocycles. The molecule has 17 heavy (non-hydrogen) atoms. The van der Waals surface area contributed by atoms with Crippen molar-refractivity contribution in [1.29, 1.82) is 0 Å². The van der Waals surface area contributed by atoms with Gasteiger partial charge in [0.25, 0.3) is 0 Å². The minimum atomic E-state index is -0.903. The van der Waals surface area contributed by atoms with Crippen molar-refractivity contribution in [3.63, 3.8) is 0 Å². The second-order valence-corrected chi connectivity index (χ2v) is 4.71. The average Bonchev–Trinajstić information content (AvgIpc) is 2.28. The zero-order chi connectivity index (χ0) is 12.4. The quantitative estimate of drug-likeness (QED) is 0.842. The van der Waals surface area contributed by atoms with Crippen LogP contribution in [0.2, 0.25) is 0 Å². The van der Waals surface area contributed by atoms with Gasteiger partial charge in [-0.1, -0.05) is 19.3 Å². The van der Waals surface area contributed by atoms with Crippen LogP contribution in [0.25, 0.3) is 0 Å². The molecule has 94 valence electrons. The van der Waals surface area contributed by atoms with Gasteiger partial charge >= 0.3 is 0 Å². The molecule has 1 unspecified atom stereocenters. The van der Waals surface area contributed by atoms with Crippen LogP contribution in [-0.4, -0.2) is 0 Å². The molecule has 0 bridgehead atoms. The molecule has 1 nitrogen and oxygen atoms in total. The van der Waals surface area contributed by atoms with Crippen LogP contribution in [0, 0.1) is 23.4 Å². The van der Waals surface area contributed by atoms with E-state index in [4.69, 9.17) is 5.73 Å². The van der Waals surface area contributed by atoms with Crippen LogP contribution in [0.5, 0.6) is 0 Å². The Morgan fingerprint density at radius 2 is 1.53 bits per heavy atom. The predicted molar refractivity (Wildman–Crippen MR) is 59.8 cm³/mol. The summed E-state index contributed by atoms with van der Waals surface area (Å²) in [7, 11) is 0. The first-order chi connectivity index (χ1) is 8.09. The number of benzene rings is 1. The van der Waals surface area contributed by atoms with Crippen molar-refractivity contribution in [1.82, 2.24) is 0 Å². The van der Waals surface area contributed by atoms with E-state index < -0.39 is 23.5 Å². The van der Waals surface area contributed by atoms with Crippen molar-refractivity contribution in [3.05, 3.63) is 35.1 Å². The summed E-state index contributed by atoms with van der Waals surface area (Å²) in [4.78, 5) is 0. The molecule has 0 heterocycles. The molecule has 0 saturated heterocycles. The fourth-order valence-corrected chi connectivity index (χ4v) is 2.60. The van der Waals surface area contributed by atoms with Gasteiger partial charge in [0.1, 0.15) is 17.5 Å². The molecule has 0 aromatic heterocycles. The smallest absolute Gasteiger partial charge is 0.133 e. The summed E-state index contributed by atoms with van der Waals surface area (Å²) in [5, 5.41) is 0. The normalized spacial score (nSPS) is 19.3. The Labute approximate surface area is 98.8 Å². The summed E-state index contributed by atoms with van der Waals surface area (Å²) in [6.07, 6.45) is 5.01. The van der Waals surface area contributed by atoms with Crippen molar-refractivity contribution < 1.29 is 13.2 Å². The van der Waals surface area contributed by atoms with Crippen molar-refractivity contribution >= 4 is 0 Å². The third-order valence-electron chi connectivity index (χ3n) is 3.53. The molecule has 1 atom stereocenters. The second-order valence-electron chi connectivity index (χ2n) is 4.71. The highest BCUT2D eigenvalue weighted by atomic mass is 19.1. The Hall–Kier alpha value is -1.03. The Kier molecular flexibility index (Phi) is 3.72. The van der Waals surface area contributed by atoms with Gasteiger partial charge in [-0.15, -0.1) is 0 Å². The lowest BCUT2D eigenvalue weighted by atomic mass is 9.81. The molecule has 1 aliphatic rings. The lowest BCUT2D eigenvalue weighted by Gasteiger charge is -2.28. The minimum Gasteiger partial charge on any atom is -0.324 e.